The molecule has 0 unspecified atom stereocenters. The average Bonchev–Trinajstić information content (AvgIpc) is 3.13. The topological polar surface area (TPSA) is 72.5 Å². The minimum atomic E-state index is -0.422. The highest BCUT2D eigenvalue weighted by Crippen LogP contribution is 2.60. The number of ketones is 1. The molecule has 4 fully saturated rings. The molecule has 5 rings (SSSR count). The van der Waals surface area contributed by atoms with Crippen molar-refractivity contribution in [2.75, 3.05) is 13.2 Å². The van der Waals surface area contributed by atoms with Crippen LogP contribution in [0.5, 0.6) is 0 Å². The number of Topliss-reactive ketones (excluding diaryl/α,β-unsaturated/α-hetero) is 1. The maximum absolute atomic E-state index is 12.8. The van der Waals surface area contributed by atoms with Gasteiger partial charge in [-0.3, -0.25) is 14.4 Å². The number of hydrogen-bond acceptors (Lipinski definition) is 5. The SMILES string of the molecule is O=C(CCNC(=O)c1cccs1)OCC(=O)C12CC3CC(CC(C3)C1)C2. The molecule has 4 saturated carbocycles. The first-order chi connectivity index (χ1) is 12.5. The molecule has 0 saturated heterocycles. The largest absolute Gasteiger partial charge is 0.458 e. The van der Waals surface area contributed by atoms with Gasteiger partial charge in [-0.05, 0) is 67.7 Å². The van der Waals surface area contributed by atoms with E-state index in [0.717, 1.165) is 19.3 Å². The summed E-state index contributed by atoms with van der Waals surface area (Å²) in [4.78, 5) is 37.1. The lowest BCUT2D eigenvalue weighted by Crippen LogP contribution is -2.51. The second-order valence-electron chi connectivity index (χ2n) is 8.26. The fourth-order valence-electron chi connectivity index (χ4n) is 5.60. The highest BCUT2D eigenvalue weighted by atomic mass is 32.1. The summed E-state index contributed by atoms with van der Waals surface area (Å²) in [6.07, 6.45) is 6.93. The summed E-state index contributed by atoms with van der Waals surface area (Å²) >= 11 is 1.36. The van der Waals surface area contributed by atoms with Crippen LogP contribution in [0.25, 0.3) is 0 Å². The Morgan fingerprint density at radius 2 is 1.77 bits per heavy atom. The number of ether oxygens (including phenoxy) is 1. The minimum absolute atomic E-state index is 0.0886. The molecule has 0 aliphatic heterocycles. The zero-order chi connectivity index (χ0) is 18.1. The second kappa shape index (κ2) is 7.14. The molecule has 4 bridgehead atoms. The zero-order valence-electron chi connectivity index (χ0n) is 14.9. The number of esters is 1. The lowest BCUT2D eigenvalue weighted by molar-refractivity contribution is -0.157. The quantitative estimate of drug-likeness (QED) is 0.743. The number of amides is 1. The molecule has 4 aliphatic rings. The third kappa shape index (κ3) is 3.56. The van der Waals surface area contributed by atoms with Gasteiger partial charge in [-0.15, -0.1) is 11.3 Å². The van der Waals surface area contributed by atoms with E-state index in [-0.39, 0.29) is 36.7 Å². The van der Waals surface area contributed by atoms with Crippen molar-refractivity contribution in [2.45, 2.75) is 44.9 Å². The van der Waals surface area contributed by atoms with Crippen LogP contribution in [0.4, 0.5) is 0 Å². The monoisotopic (exact) mass is 375 g/mol. The lowest BCUT2D eigenvalue weighted by Gasteiger charge is -2.55. The van der Waals surface area contributed by atoms with Crippen LogP contribution in [-0.2, 0) is 14.3 Å². The molecule has 26 heavy (non-hydrogen) atoms. The molecule has 0 atom stereocenters. The van der Waals surface area contributed by atoms with E-state index >= 15 is 0 Å². The Morgan fingerprint density at radius 3 is 2.35 bits per heavy atom. The van der Waals surface area contributed by atoms with E-state index < -0.39 is 5.97 Å². The summed E-state index contributed by atoms with van der Waals surface area (Å²) < 4.78 is 5.23. The van der Waals surface area contributed by atoms with E-state index in [4.69, 9.17) is 4.74 Å². The first kappa shape index (κ1) is 17.7. The van der Waals surface area contributed by atoms with Crippen molar-refractivity contribution in [1.82, 2.24) is 5.32 Å². The zero-order valence-corrected chi connectivity index (χ0v) is 15.7. The minimum Gasteiger partial charge on any atom is -0.458 e. The molecular weight excluding hydrogens is 350 g/mol. The first-order valence-electron chi connectivity index (χ1n) is 9.55. The molecule has 140 valence electrons. The van der Waals surface area contributed by atoms with Crippen LogP contribution in [0.3, 0.4) is 0 Å². The maximum atomic E-state index is 12.8. The summed E-state index contributed by atoms with van der Waals surface area (Å²) in [7, 11) is 0. The van der Waals surface area contributed by atoms with E-state index in [1.54, 1.807) is 6.07 Å². The molecule has 6 heteroatoms. The predicted octanol–water partition coefficient (Wildman–Crippen LogP) is 3.20. The summed E-state index contributed by atoms with van der Waals surface area (Å²) in [6.45, 7) is 0.116. The summed E-state index contributed by atoms with van der Waals surface area (Å²) in [5.41, 5.74) is -0.220. The number of thiophene rings is 1. The van der Waals surface area contributed by atoms with Gasteiger partial charge in [-0.1, -0.05) is 6.07 Å². The van der Waals surface area contributed by atoms with Crippen molar-refractivity contribution in [3.05, 3.63) is 22.4 Å². The van der Waals surface area contributed by atoms with Crippen molar-refractivity contribution < 1.29 is 19.1 Å². The fourth-order valence-corrected chi connectivity index (χ4v) is 6.24. The van der Waals surface area contributed by atoms with Gasteiger partial charge in [0.15, 0.2) is 12.4 Å². The van der Waals surface area contributed by atoms with Gasteiger partial charge in [0.25, 0.3) is 5.91 Å². The van der Waals surface area contributed by atoms with Crippen molar-refractivity contribution in [3.8, 4) is 0 Å². The summed E-state index contributed by atoms with van der Waals surface area (Å²) in [5, 5.41) is 4.53. The smallest absolute Gasteiger partial charge is 0.308 e. The molecule has 0 spiro atoms. The standard InChI is InChI=1S/C20H25NO4S/c22-17(20-9-13-6-14(10-20)8-15(7-13)11-20)12-25-18(23)3-4-21-19(24)16-2-1-5-26-16/h1-2,5,13-15H,3-4,6-12H2,(H,21,24). The molecule has 1 N–H and O–H groups in total. The van der Waals surface area contributed by atoms with E-state index in [2.05, 4.69) is 5.32 Å². The van der Waals surface area contributed by atoms with E-state index in [1.807, 2.05) is 11.4 Å². The van der Waals surface area contributed by atoms with Crippen LogP contribution in [0.1, 0.15) is 54.6 Å². The Hall–Kier alpha value is -1.69. The fraction of sp³-hybridized carbons (Fsp3) is 0.650. The third-order valence-corrected chi connectivity index (χ3v) is 7.22. The van der Waals surface area contributed by atoms with Gasteiger partial charge in [-0.2, -0.15) is 0 Å². The Balaban J connectivity index is 1.21. The highest BCUT2D eigenvalue weighted by molar-refractivity contribution is 7.12. The molecule has 1 amide bonds. The molecule has 4 aliphatic carbocycles. The Kier molecular flexibility index (Phi) is 4.86. The van der Waals surface area contributed by atoms with Gasteiger partial charge < -0.3 is 10.1 Å². The Morgan fingerprint density at radius 1 is 1.12 bits per heavy atom. The van der Waals surface area contributed by atoms with E-state index in [0.29, 0.717) is 22.6 Å². The maximum Gasteiger partial charge on any atom is 0.308 e. The molecule has 5 nitrogen and oxygen atoms in total. The van der Waals surface area contributed by atoms with Gasteiger partial charge in [0.2, 0.25) is 0 Å². The number of rotatable bonds is 7. The molecule has 0 radical (unpaired) electrons. The van der Waals surface area contributed by atoms with Crippen LogP contribution in [0, 0.1) is 23.2 Å². The number of hydrogen-bond donors (Lipinski definition) is 1. The van der Waals surface area contributed by atoms with Crippen molar-refractivity contribution in [2.24, 2.45) is 23.2 Å². The van der Waals surface area contributed by atoms with Gasteiger partial charge in [0.1, 0.15) is 0 Å². The first-order valence-corrected chi connectivity index (χ1v) is 10.4. The van der Waals surface area contributed by atoms with Crippen LogP contribution < -0.4 is 5.32 Å². The number of carbonyl (C=O) groups is 3. The van der Waals surface area contributed by atoms with Crippen molar-refractivity contribution >= 4 is 29.0 Å². The van der Waals surface area contributed by atoms with E-state index in [9.17, 15) is 14.4 Å². The van der Waals surface area contributed by atoms with Gasteiger partial charge >= 0.3 is 5.97 Å². The van der Waals surface area contributed by atoms with Crippen LogP contribution in [0.2, 0.25) is 0 Å². The summed E-state index contributed by atoms with van der Waals surface area (Å²) in [5.74, 6) is 1.62. The molecule has 1 heterocycles. The predicted molar refractivity (Wildman–Crippen MR) is 97.8 cm³/mol. The highest BCUT2D eigenvalue weighted by Gasteiger charge is 2.54. The Bertz CT molecular complexity index is 661. The molecule has 1 aromatic heterocycles. The van der Waals surface area contributed by atoms with Crippen molar-refractivity contribution in [1.29, 1.82) is 0 Å². The number of nitrogens with one attached hydrogen (secondary N) is 1. The van der Waals surface area contributed by atoms with Crippen molar-refractivity contribution in [3.63, 3.8) is 0 Å². The van der Waals surface area contributed by atoms with Gasteiger partial charge in [0, 0.05) is 12.0 Å². The van der Waals surface area contributed by atoms with Gasteiger partial charge in [-0.25, -0.2) is 0 Å². The summed E-state index contributed by atoms with van der Waals surface area (Å²) in [6, 6.07) is 3.55. The second-order valence-corrected chi connectivity index (χ2v) is 9.21. The lowest BCUT2D eigenvalue weighted by atomic mass is 9.48. The van der Waals surface area contributed by atoms with Crippen LogP contribution >= 0.6 is 11.3 Å². The van der Waals surface area contributed by atoms with Gasteiger partial charge in [0.05, 0.1) is 11.3 Å². The number of carbonyl (C=O) groups excluding carboxylic acids is 3. The van der Waals surface area contributed by atoms with E-state index in [1.165, 1.54) is 30.6 Å². The van der Waals surface area contributed by atoms with Crippen LogP contribution in [-0.4, -0.2) is 30.8 Å². The third-order valence-electron chi connectivity index (χ3n) is 6.35. The molecule has 1 aromatic rings. The van der Waals surface area contributed by atoms with Crippen LogP contribution in [0.15, 0.2) is 17.5 Å². The normalized spacial score (nSPS) is 31.6. The Labute approximate surface area is 157 Å². The average molecular weight is 375 g/mol. The molecule has 0 aromatic carbocycles. The molecular formula is C20H25NO4S.